The predicted octanol–water partition coefficient (Wildman–Crippen LogP) is 1.55. The van der Waals surface area contributed by atoms with Crippen LogP contribution in [-0.2, 0) is 38.2 Å². The second-order valence-electron chi connectivity index (χ2n) is 10.1. The van der Waals surface area contributed by atoms with Crippen LogP contribution in [0.5, 0.6) is 0 Å². The second-order valence-corrected chi connectivity index (χ2v) is 13.2. The van der Waals surface area contributed by atoms with Gasteiger partial charge in [0.2, 0.25) is 6.79 Å². The standard InChI is InChI=1S/C24H31N5O8S3/c1-24(2,3)22(33)37-11-36-21(32)17-14(38-8-12-5-6-35-7-12)10-39-20-16(19(31)29(17)20)27-18(30)15(28-34-4)13-9-40-23(25)26-13/h9,12,16,20H,5-8,10-11H2,1-4H3,(H2,25,26)(H,27,30)/b28-15-/t12?,16?,20-/m1/s1. The lowest BCUT2D eigenvalue weighted by Crippen LogP contribution is -2.71. The van der Waals surface area contributed by atoms with Gasteiger partial charge in [-0.05, 0) is 33.1 Å². The molecule has 3 atom stereocenters. The zero-order valence-corrected chi connectivity index (χ0v) is 24.9. The van der Waals surface area contributed by atoms with Crippen LogP contribution in [-0.4, -0.2) is 89.4 Å². The number of nitrogens with zero attached hydrogens (tertiary/aromatic N) is 3. The quantitative estimate of drug-likeness (QED) is 0.128. The van der Waals surface area contributed by atoms with Gasteiger partial charge in [0.05, 0.1) is 12.0 Å². The summed E-state index contributed by atoms with van der Waals surface area (Å²) in [4.78, 5) is 62.5. The highest BCUT2D eigenvalue weighted by Gasteiger charge is 2.55. The van der Waals surface area contributed by atoms with Crippen molar-refractivity contribution in [3.63, 3.8) is 0 Å². The van der Waals surface area contributed by atoms with E-state index in [1.165, 1.54) is 35.5 Å². The van der Waals surface area contributed by atoms with Crippen molar-refractivity contribution in [1.82, 2.24) is 15.2 Å². The number of hydrogen-bond acceptors (Lipinski definition) is 14. The van der Waals surface area contributed by atoms with Crippen molar-refractivity contribution in [1.29, 1.82) is 0 Å². The molecule has 0 saturated carbocycles. The first-order valence-electron chi connectivity index (χ1n) is 12.4. The minimum Gasteiger partial charge on any atom is -0.427 e. The smallest absolute Gasteiger partial charge is 0.358 e. The molecule has 2 saturated heterocycles. The van der Waals surface area contributed by atoms with Crippen molar-refractivity contribution >= 4 is 69.5 Å². The molecule has 2 fully saturated rings. The number of esters is 2. The Balaban J connectivity index is 1.49. The maximum Gasteiger partial charge on any atom is 0.358 e. The molecule has 2 unspecified atom stereocenters. The van der Waals surface area contributed by atoms with Gasteiger partial charge in [0, 0.05) is 28.4 Å². The number of ether oxygens (including phenoxy) is 3. The predicted molar refractivity (Wildman–Crippen MR) is 150 cm³/mol. The summed E-state index contributed by atoms with van der Waals surface area (Å²) in [5.41, 5.74) is 5.09. The number of thioether (sulfide) groups is 2. The maximum absolute atomic E-state index is 13.3. The van der Waals surface area contributed by atoms with Crippen LogP contribution >= 0.6 is 34.9 Å². The van der Waals surface area contributed by atoms with Crippen LogP contribution in [0.3, 0.4) is 0 Å². The van der Waals surface area contributed by atoms with Gasteiger partial charge in [0.1, 0.15) is 29.9 Å². The molecule has 2 amide bonds. The van der Waals surface area contributed by atoms with Gasteiger partial charge in [-0.25, -0.2) is 9.78 Å². The number of nitrogens with two attached hydrogens (primary N) is 1. The van der Waals surface area contributed by atoms with Gasteiger partial charge in [-0.15, -0.1) is 34.9 Å². The summed E-state index contributed by atoms with van der Waals surface area (Å²) < 4.78 is 15.8. The minimum atomic E-state index is -0.924. The highest BCUT2D eigenvalue weighted by molar-refractivity contribution is 8.06. The van der Waals surface area contributed by atoms with Crippen LogP contribution < -0.4 is 11.1 Å². The molecule has 3 aliphatic rings. The summed E-state index contributed by atoms with van der Waals surface area (Å²) in [6, 6.07) is -0.924. The number of fused-ring (bicyclic) bond motifs is 1. The van der Waals surface area contributed by atoms with Gasteiger partial charge in [0.15, 0.2) is 10.8 Å². The molecule has 4 heterocycles. The number of thiazole rings is 1. The van der Waals surface area contributed by atoms with Crippen molar-refractivity contribution in [3.8, 4) is 0 Å². The van der Waals surface area contributed by atoms with Crippen LogP contribution in [0.2, 0.25) is 0 Å². The van der Waals surface area contributed by atoms with Crippen LogP contribution in [0.25, 0.3) is 0 Å². The van der Waals surface area contributed by atoms with Gasteiger partial charge >= 0.3 is 11.9 Å². The Labute approximate surface area is 243 Å². The lowest BCUT2D eigenvalue weighted by molar-refractivity contribution is -0.173. The van der Waals surface area contributed by atoms with Gasteiger partial charge in [0.25, 0.3) is 11.8 Å². The lowest BCUT2D eigenvalue weighted by Gasteiger charge is -2.49. The Hall–Kier alpha value is -2.82. The van der Waals surface area contributed by atoms with E-state index in [0.717, 1.165) is 17.8 Å². The van der Waals surface area contributed by atoms with E-state index in [9.17, 15) is 19.2 Å². The third-order valence-corrected chi connectivity index (χ3v) is 9.55. The fourth-order valence-electron chi connectivity index (χ4n) is 3.95. The monoisotopic (exact) mass is 613 g/mol. The third kappa shape index (κ3) is 6.72. The molecule has 3 aliphatic heterocycles. The van der Waals surface area contributed by atoms with E-state index in [2.05, 4.69) is 15.5 Å². The number of hydrogen-bond donors (Lipinski definition) is 2. The Kier molecular flexibility index (Phi) is 9.64. The SMILES string of the molecule is CO/N=C(\C(=O)NC1C(=O)N2C(C(=O)OCOC(=O)C(C)(C)C)=C(SCC3CCOC3)CS[C@H]12)c1csc(N)n1. The minimum absolute atomic E-state index is 0.0908. The van der Waals surface area contributed by atoms with Crippen molar-refractivity contribution in [2.75, 3.05) is 44.4 Å². The number of carbonyl (C=O) groups is 4. The van der Waals surface area contributed by atoms with Crippen molar-refractivity contribution in [3.05, 3.63) is 21.7 Å². The number of rotatable bonds is 10. The summed E-state index contributed by atoms with van der Waals surface area (Å²) in [6.07, 6.45) is 0.922. The number of oxime groups is 1. The normalized spacial score (nSPS) is 22.9. The summed E-state index contributed by atoms with van der Waals surface area (Å²) in [6.45, 7) is 5.81. The zero-order valence-electron chi connectivity index (χ0n) is 22.5. The first-order valence-corrected chi connectivity index (χ1v) is 15.3. The van der Waals surface area contributed by atoms with Crippen molar-refractivity contribution in [2.24, 2.45) is 16.5 Å². The van der Waals surface area contributed by atoms with E-state index >= 15 is 0 Å². The number of nitrogens with one attached hydrogen (secondary N) is 1. The van der Waals surface area contributed by atoms with Crippen molar-refractivity contribution in [2.45, 2.75) is 38.6 Å². The second kappa shape index (κ2) is 12.8. The molecular weight excluding hydrogens is 582 g/mol. The highest BCUT2D eigenvalue weighted by Crippen LogP contribution is 2.44. The topological polar surface area (TPSA) is 172 Å². The molecule has 3 N–H and O–H groups in total. The first kappa shape index (κ1) is 30.1. The van der Waals surface area contributed by atoms with Gasteiger partial charge in [-0.2, -0.15) is 0 Å². The number of β-lactam (4-membered cyclic amide) rings is 1. The van der Waals surface area contributed by atoms with E-state index in [4.69, 9.17) is 24.8 Å². The molecule has 16 heteroatoms. The highest BCUT2D eigenvalue weighted by atomic mass is 32.2. The van der Waals surface area contributed by atoms with Gasteiger partial charge in [-0.3, -0.25) is 19.3 Å². The molecule has 0 aliphatic carbocycles. The third-order valence-electron chi connectivity index (χ3n) is 6.09. The fourth-order valence-corrected chi connectivity index (χ4v) is 7.25. The Morgan fingerprint density at radius 2 is 2.10 bits per heavy atom. The zero-order chi connectivity index (χ0) is 29.0. The number of carbonyl (C=O) groups excluding carboxylic acids is 4. The summed E-state index contributed by atoms with van der Waals surface area (Å²) in [5, 5.41) is 7.68. The first-order chi connectivity index (χ1) is 19.0. The number of amides is 2. The van der Waals surface area contributed by atoms with Crippen LogP contribution in [0.1, 0.15) is 32.9 Å². The van der Waals surface area contributed by atoms with E-state index < -0.39 is 47.4 Å². The molecule has 4 rings (SSSR count). The Morgan fingerprint density at radius 3 is 2.73 bits per heavy atom. The van der Waals surface area contributed by atoms with Crippen molar-refractivity contribution < 1.29 is 38.2 Å². The molecular formula is C24H31N5O8S3. The fraction of sp³-hybridized carbons (Fsp3) is 0.583. The molecule has 13 nitrogen and oxygen atoms in total. The van der Waals surface area contributed by atoms with Crippen LogP contribution in [0.15, 0.2) is 21.1 Å². The van der Waals surface area contributed by atoms with E-state index in [-0.39, 0.29) is 22.2 Å². The lowest BCUT2D eigenvalue weighted by atomic mass is 9.98. The number of nitrogen functional groups attached to an aromatic ring is 1. The summed E-state index contributed by atoms with van der Waals surface area (Å²) in [5.74, 6) is -0.993. The molecule has 0 radical (unpaired) electrons. The van der Waals surface area contributed by atoms with E-state index in [1.54, 1.807) is 26.2 Å². The molecule has 40 heavy (non-hydrogen) atoms. The largest absolute Gasteiger partial charge is 0.427 e. The van der Waals surface area contributed by atoms with Crippen LogP contribution in [0.4, 0.5) is 5.13 Å². The van der Waals surface area contributed by atoms with E-state index in [1.807, 2.05) is 0 Å². The van der Waals surface area contributed by atoms with E-state index in [0.29, 0.717) is 35.5 Å². The summed E-state index contributed by atoms with van der Waals surface area (Å²) >= 11 is 4.03. The molecule has 1 aromatic heterocycles. The van der Waals surface area contributed by atoms with Gasteiger partial charge < -0.3 is 30.1 Å². The molecule has 0 spiro atoms. The average molecular weight is 614 g/mol. The number of aromatic nitrogens is 1. The van der Waals surface area contributed by atoms with Crippen LogP contribution in [0, 0.1) is 11.3 Å². The molecule has 1 aromatic rings. The Bertz CT molecular complexity index is 1220. The summed E-state index contributed by atoms with van der Waals surface area (Å²) in [7, 11) is 1.29. The molecule has 218 valence electrons. The molecule has 0 aromatic carbocycles. The maximum atomic E-state index is 13.3. The average Bonchev–Trinajstić information content (AvgIpc) is 3.59. The van der Waals surface area contributed by atoms with Gasteiger partial charge in [-0.1, -0.05) is 5.16 Å². The molecule has 0 bridgehead atoms. The Morgan fingerprint density at radius 1 is 1.32 bits per heavy atom. The number of anilines is 1.